The minimum absolute atomic E-state index is 0.0891. The Morgan fingerprint density at radius 1 is 0.975 bits per heavy atom. The van der Waals surface area contributed by atoms with Crippen LogP contribution in [0.15, 0.2) is 17.8 Å². The van der Waals surface area contributed by atoms with E-state index in [0.29, 0.717) is 75.8 Å². The third-order valence-electron chi connectivity index (χ3n) is 5.77. The number of carbonyl (C=O) groups excluding carboxylic acids is 3. The van der Waals surface area contributed by atoms with Gasteiger partial charge in [0.25, 0.3) is 11.8 Å². The molecule has 0 spiro atoms. The smallest absolute Gasteiger partial charge is 0.314 e. The lowest BCUT2D eigenvalue weighted by Gasteiger charge is -2.20. The second-order valence-corrected chi connectivity index (χ2v) is 12.3. The molecule has 0 saturated carbocycles. The van der Waals surface area contributed by atoms with Crippen LogP contribution in [0, 0.1) is 5.41 Å². The highest BCUT2D eigenvalue weighted by molar-refractivity contribution is 7.99. The summed E-state index contributed by atoms with van der Waals surface area (Å²) in [5, 5.41) is 14.4. The second-order valence-electron chi connectivity index (χ2n) is 10.7. The highest BCUT2D eigenvalue weighted by atomic mass is 32.2. The third kappa shape index (κ3) is 13.2. The van der Waals surface area contributed by atoms with Crippen LogP contribution in [0.1, 0.15) is 53.2 Å². The summed E-state index contributed by atoms with van der Waals surface area (Å²) in [4.78, 5) is 37.7. The summed E-state index contributed by atoms with van der Waals surface area (Å²) in [5.74, 6) is 0.520. The first-order valence-electron chi connectivity index (χ1n) is 13.9. The van der Waals surface area contributed by atoms with Crippen molar-refractivity contribution in [1.82, 2.24) is 30.5 Å². The van der Waals surface area contributed by atoms with Gasteiger partial charge < -0.3 is 24.8 Å². The first kappa shape index (κ1) is 33.7. The molecule has 0 aromatic carbocycles. The highest BCUT2D eigenvalue weighted by Gasteiger charge is 2.37. The number of rotatable bonds is 20. The molecule has 1 aromatic rings. The van der Waals surface area contributed by atoms with Gasteiger partial charge in [-0.25, -0.2) is 9.48 Å². The monoisotopic (exact) mass is 582 g/mol. The third-order valence-corrected chi connectivity index (χ3v) is 6.96. The molecule has 2 heterocycles. The largest absolute Gasteiger partial charge is 0.377 e. The maximum atomic E-state index is 12.6. The average Bonchev–Trinajstić information content (AvgIpc) is 3.45. The van der Waals surface area contributed by atoms with Gasteiger partial charge in [-0.3, -0.25) is 14.5 Å². The van der Waals surface area contributed by atoms with E-state index in [-0.39, 0.29) is 24.4 Å². The molecular weight excluding hydrogens is 536 g/mol. The van der Waals surface area contributed by atoms with Crippen molar-refractivity contribution in [3.05, 3.63) is 23.5 Å². The highest BCUT2D eigenvalue weighted by Crippen LogP contribution is 2.31. The van der Waals surface area contributed by atoms with Crippen LogP contribution in [0.4, 0.5) is 4.79 Å². The summed E-state index contributed by atoms with van der Waals surface area (Å²) in [6, 6.07) is -0.167. The maximum absolute atomic E-state index is 12.6. The molecule has 0 fully saturated rings. The number of unbranched alkanes of at least 4 members (excludes halogenated alkanes) is 1. The first-order chi connectivity index (χ1) is 19.1. The zero-order valence-electron chi connectivity index (χ0n) is 24.6. The predicted molar refractivity (Wildman–Crippen MR) is 154 cm³/mol. The molecule has 0 atom stereocenters. The van der Waals surface area contributed by atoms with Crippen LogP contribution in [0.25, 0.3) is 0 Å². The molecular formula is C27H46N6O6S. The fraction of sp³-hybridized carbons (Fsp3) is 0.741. The fourth-order valence-corrected chi connectivity index (χ4v) is 4.47. The number of aromatic nitrogens is 3. The molecule has 0 aliphatic carbocycles. The van der Waals surface area contributed by atoms with E-state index < -0.39 is 5.41 Å². The van der Waals surface area contributed by atoms with Crippen LogP contribution < -0.4 is 10.6 Å². The molecule has 226 valence electrons. The first-order valence-corrected chi connectivity index (χ1v) is 15.0. The zero-order chi connectivity index (χ0) is 29.4. The number of imide groups is 1. The van der Waals surface area contributed by atoms with Crippen molar-refractivity contribution in [2.75, 3.05) is 58.5 Å². The van der Waals surface area contributed by atoms with Gasteiger partial charge in [-0.05, 0) is 29.3 Å². The van der Waals surface area contributed by atoms with Gasteiger partial charge in [-0.2, -0.15) is 11.8 Å². The normalized spacial score (nSPS) is 13.8. The van der Waals surface area contributed by atoms with Crippen LogP contribution in [0.3, 0.4) is 0 Å². The minimum Gasteiger partial charge on any atom is -0.377 e. The summed E-state index contributed by atoms with van der Waals surface area (Å²) < 4.78 is 18.1. The quantitative estimate of drug-likeness (QED) is 0.175. The van der Waals surface area contributed by atoms with Gasteiger partial charge in [-0.15, -0.1) is 5.10 Å². The topological polar surface area (TPSA) is 137 Å². The molecule has 40 heavy (non-hydrogen) atoms. The van der Waals surface area contributed by atoms with Gasteiger partial charge in [-0.1, -0.05) is 39.8 Å². The SMILES string of the molecule is CC(C)SCCCCNC(=O)NCCOCCOCCOCCn1cc(CN2C(=O)C=C(C(C)(C)C)C2=O)nn1. The van der Waals surface area contributed by atoms with Crippen LogP contribution in [-0.4, -0.2) is 101 Å². The van der Waals surface area contributed by atoms with E-state index in [1.165, 1.54) is 11.0 Å². The van der Waals surface area contributed by atoms with Gasteiger partial charge in [0, 0.05) is 24.7 Å². The Morgan fingerprint density at radius 2 is 1.62 bits per heavy atom. The molecule has 0 unspecified atom stereocenters. The van der Waals surface area contributed by atoms with E-state index in [0.717, 1.165) is 18.6 Å². The Morgan fingerprint density at radius 3 is 2.27 bits per heavy atom. The number of hydrogen-bond acceptors (Lipinski definition) is 9. The molecule has 1 aromatic heterocycles. The van der Waals surface area contributed by atoms with Crippen molar-refractivity contribution in [3.8, 4) is 0 Å². The van der Waals surface area contributed by atoms with Crippen molar-refractivity contribution in [2.24, 2.45) is 5.41 Å². The molecule has 13 heteroatoms. The van der Waals surface area contributed by atoms with E-state index >= 15 is 0 Å². The number of nitrogens with one attached hydrogen (secondary N) is 2. The Balaban J connectivity index is 1.41. The van der Waals surface area contributed by atoms with E-state index in [1.807, 2.05) is 32.5 Å². The number of hydrogen-bond donors (Lipinski definition) is 2. The lowest BCUT2D eigenvalue weighted by molar-refractivity contribution is -0.138. The summed E-state index contributed by atoms with van der Waals surface area (Å²) in [6.07, 6.45) is 5.20. The van der Waals surface area contributed by atoms with Crippen LogP contribution in [0.5, 0.6) is 0 Å². The van der Waals surface area contributed by atoms with Gasteiger partial charge in [0.2, 0.25) is 0 Å². The van der Waals surface area contributed by atoms with Crippen LogP contribution >= 0.6 is 11.8 Å². The molecule has 2 N–H and O–H groups in total. The summed E-state index contributed by atoms with van der Waals surface area (Å²) in [6.45, 7) is 14.4. The standard InChI is InChI=1S/C27H46N6O6S/c1-21(2)40-17-7-6-8-28-26(36)29-9-11-37-13-15-39-16-14-38-12-10-32-19-22(30-31-32)20-33-24(34)18-23(25(33)35)27(3,4)5/h18-19,21H,6-17,20H2,1-5H3,(H2,28,29,36). The van der Waals surface area contributed by atoms with Crippen molar-refractivity contribution in [1.29, 1.82) is 0 Å². The fourth-order valence-electron chi connectivity index (χ4n) is 3.63. The van der Waals surface area contributed by atoms with Crippen molar-refractivity contribution in [2.45, 2.75) is 65.8 Å². The Kier molecular flexibility index (Phi) is 15.2. The number of ether oxygens (including phenoxy) is 3. The van der Waals surface area contributed by atoms with Gasteiger partial charge in [0.05, 0.1) is 58.9 Å². The summed E-state index contributed by atoms with van der Waals surface area (Å²) in [7, 11) is 0. The lowest BCUT2D eigenvalue weighted by atomic mass is 9.86. The number of amides is 4. The zero-order valence-corrected chi connectivity index (χ0v) is 25.4. The van der Waals surface area contributed by atoms with Crippen LogP contribution in [0.2, 0.25) is 0 Å². The van der Waals surface area contributed by atoms with Gasteiger partial charge in [0.15, 0.2) is 0 Å². The number of nitrogens with zero attached hydrogens (tertiary/aromatic N) is 4. The van der Waals surface area contributed by atoms with E-state index in [1.54, 1.807) is 10.9 Å². The number of thioether (sulfide) groups is 1. The Bertz CT molecular complexity index is 962. The molecule has 0 saturated heterocycles. The molecule has 4 amide bonds. The lowest BCUT2D eigenvalue weighted by Crippen LogP contribution is -2.37. The van der Waals surface area contributed by atoms with Crippen LogP contribution in [-0.2, 0) is 36.9 Å². The van der Waals surface area contributed by atoms with Gasteiger partial charge >= 0.3 is 6.03 Å². The molecule has 2 rings (SSSR count). The minimum atomic E-state index is -0.393. The van der Waals surface area contributed by atoms with Crippen molar-refractivity contribution >= 4 is 29.6 Å². The van der Waals surface area contributed by atoms with Crippen molar-refractivity contribution < 1.29 is 28.6 Å². The Hall–Kier alpha value is -2.48. The van der Waals surface area contributed by atoms with Crippen molar-refractivity contribution in [3.63, 3.8) is 0 Å². The molecule has 1 aliphatic heterocycles. The molecule has 1 aliphatic rings. The number of carbonyl (C=O) groups is 3. The van der Waals surface area contributed by atoms with Gasteiger partial charge in [0.1, 0.15) is 5.69 Å². The van der Waals surface area contributed by atoms with E-state index in [4.69, 9.17) is 14.2 Å². The number of urea groups is 1. The Labute approximate surface area is 241 Å². The molecule has 0 bridgehead atoms. The predicted octanol–water partition coefficient (Wildman–Crippen LogP) is 2.39. The molecule has 12 nitrogen and oxygen atoms in total. The summed E-state index contributed by atoms with van der Waals surface area (Å²) >= 11 is 1.94. The average molecular weight is 583 g/mol. The second kappa shape index (κ2) is 18.1. The van der Waals surface area contributed by atoms with E-state index in [2.05, 4.69) is 34.8 Å². The van der Waals surface area contributed by atoms with E-state index in [9.17, 15) is 14.4 Å². The molecule has 0 radical (unpaired) electrons. The maximum Gasteiger partial charge on any atom is 0.314 e. The summed E-state index contributed by atoms with van der Waals surface area (Å²) in [5.41, 5.74) is 0.646.